The van der Waals surface area contributed by atoms with Crippen LogP contribution in [0.1, 0.15) is 26.4 Å². The van der Waals surface area contributed by atoms with Crippen molar-refractivity contribution in [2.24, 2.45) is 0 Å². The van der Waals surface area contributed by atoms with Gasteiger partial charge < -0.3 is 14.8 Å². The van der Waals surface area contributed by atoms with Crippen LogP contribution in [0.3, 0.4) is 0 Å². The predicted octanol–water partition coefficient (Wildman–Crippen LogP) is 3.70. The van der Waals surface area contributed by atoms with E-state index in [-0.39, 0.29) is 12.5 Å². The summed E-state index contributed by atoms with van der Waals surface area (Å²) in [7, 11) is 1.54. The number of aromatic nitrogens is 1. The van der Waals surface area contributed by atoms with Crippen LogP contribution in [0.5, 0.6) is 5.75 Å². The van der Waals surface area contributed by atoms with Gasteiger partial charge in [0.25, 0.3) is 5.91 Å². The minimum Gasteiger partial charge on any atom is -0.495 e. The van der Waals surface area contributed by atoms with Crippen molar-refractivity contribution in [3.8, 4) is 5.75 Å². The third-order valence-corrected chi connectivity index (χ3v) is 3.80. The number of ether oxygens (including phenoxy) is 2. The van der Waals surface area contributed by atoms with Gasteiger partial charge in [-0.1, -0.05) is 30.3 Å². The van der Waals surface area contributed by atoms with Gasteiger partial charge in [0.2, 0.25) is 0 Å². The fourth-order valence-electron chi connectivity index (χ4n) is 2.38. The maximum Gasteiger partial charge on any atom is 0.338 e. The van der Waals surface area contributed by atoms with E-state index in [1.54, 1.807) is 54.6 Å². The molecule has 6 heteroatoms. The highest BCUT2D eigenvalue weighted by Crippen LogP contribution is 2.23. The molecule has 3 rings (SSSR count). The second-order valence-corrected chi connectivity index (χ2v) is 5.63. The van der Waals surface area contributed by atoms with E-state index in [9.17, 15) is 9.59 Å². The predicted molar refractivity (Wildman–Crippen MR) is 101 cm³/mol. The first-order valence-corrected chi connectivity index (χ1v) is 8.29. The summed E-state index contributed by atoms with van der Waals surface area (Å²) in [6.07, 6.45) is 1.44. The van der Waals surface area contributed by atoms with Crippen LogP contribution < -0.4 is 10.1 Å². The number of nitrogens with one attached hydrogen (secondary N) is 1. The van der Waals surface area contributed by atoms with Crippen molar-refractivity contribution in [1.29, 1.82) is 0 Å². The zero-order valence-corrected chi connectivity index (χ0v) is 14.7. The topological polar surface area (TPSA) is 77.5 Å². The number of amides is 1. The molecule has 1 amide bonds. The van der Waals surface area contributed by atoms with Crippen LogP contribution in [0.25, 0.3) is 0 Å². The third-order valence-electron chi connectivity index (χ3n) is 3.80. The first-order chi connectivity index (χ1) is 13.2. The lowest BCUT2D eigenvalue weighted by Gasteiger charge is -2.10. The second-order valence-electron chi connectivity index (χ2n) is 5.63. The Bertz CT molecular complexity index is 924. The van der Waals surface area contributed by atoms with Gasteiger partial charge in [0.05, 0.1) is 29.6 Å². The van der Waals surface area contributed by atoms with Crippen molar-refractivity contribution in [1.82, 2.24) is 4.98 Å². The van der Waals surface area contributed by atoms with Crippen molar-refractivity contribution in [2.45, 2.75) is 6.61 Å². The highest BCUT2D eigenvalue weighted by atomic mass is 16.5. The van der Waals surface area contributed by atoms with Crippen LogP contribution in [0.4, 0.5) is 5.69 Å². The lowest BCUT2D eigenvalue weighted by Crippen LogP contribution is -2.13. The molecule has 0 saturated heterocycles. The summed E-state index contributed by atoms with van der Waals surface area (Å²) in [5, 5.41) is 2.78. The average molecular weight is 362 g/mol. The van der Waals surface area contributed by atoms with Crippen LogP contribution in [0.2, 0.25) is 0 Å². The van der Waals surface area contributed by atoms with E-state index in [0.29, 0.717) is 28.3 Å². The summed E-state index contributed by atoms with van der Waals surface area (Å²) < 4.78 is 10.4. The van der Waals surface area contributed by atoms with Crippen molar-refractivity contribution in [3.63, 3.8) is 0 Å². The Morgan fingerprint density at radius 1 is 0.926 bits per heavy atom. The van der Waals surface area contributed by atoms with Gasteiger partial charge in [-0.25, -0.2) is 4.79 Å². The van der Waals surface area contributed by atoms with Crippen molar-refractivity contribution < 1.29 is 19.1 Å². The number of hydrogen-bond acceptors (Lipinski definition) is 5. The van der Waals surface area contributed by atoms with Gasteiger partial charge in [-0.05, 0) is 36.4 Å². The summed E-state index contributed by atoms with van der Waals surface area (Å²) in [6, 6.07) is 19.1. The Balaban J connectivity index is 1.60. The number of anilines is 1. The zero-order valence-electron chi connectivity index (χ0n) is 14.7. The molecule has 0 unspecified atom stereocenters. The Hall–Kier alpha value is -3.67. The first-order valence-electron chi connectivity index (χ1n) is 8.29. The van der Waals surface area contributed by atoms with E-state index >= 15 is 0 Å². The smallest absolute Gasteiger partial charge is 0.338 e. The van der Waals surface area contributed by atoms with Gasteiger partial charge in [0.1, 0.15) is 12.4 Å². The maximum absolute atomic E-state index is 12.4. The molecule has 6 nitrogen and oxygen atoms in total. The first kappa shape index (κ1) is 18.1. The fraction of sp³-hybridized carbons (Fsp3) is 0.0952. The minimum absolute atomic E-state index is 0.0299. The van der Waals surface area contributed by atoms with Crippen LogP contribution in [0, 0.1) is 0 Å². The molecule has 0 atom stereocenters. The summed E-state index contributed by atoms with van der Waals surface area (Å²) in [4.78, 5) is 28.5. The Morgan fingerprint density at radius 2 is 1.67 bits per heavy atom. The molecule has 0 aliphatic carbocycles. The van der Waals surface area contributed by atoms with Crippen LogP contribution in [-0.4, -0.2) is 24.0 Å². The third kappa shape index (κ3) is 4.70. The molecule has 2 aromatic carbocycles. The van der Waals surface area contributed by atoms with Crippen LogP contribution >= 0.6 is 0 Å². The number of nitrogens with zero attached hydrogens (tertiary/aromatic N) is 1. The van der Waals surface area contributed by atoms with E-state index in [2.05, 4.69) is 10.3 Å². The van der Waals surface area contributed by atoms with Crippen molar-refractivity contribution in [3.05, 3.63) is 89.7 Å². The number of hydrogen-bond donors (Lipinski definition) is 1. The molecule has 1 heterocycles. The molecule has 0 bridgehead atoms. The zero-order chi connectivity index (χ0) is 19.1. The second kappa shape index (κ2) is 8.62. The molecule has 0 saturated carbocycles. The molecule has 27 heavy (non-hydrogen) atoms. The Kier molecular flexibility index (Phi) is 5.79. The largest absolute Gasteiger partial charge is 0.495 e. The molecular formula is C21H18N2O4. The molecule has 0 fully saturated rings. The number of carbonyl (C=O) groups excluding carboxylic acids is 2. The molecule has 1 aromatic heterocycles. The standard InChI is InChI=1S/C21H18N2O4/c1-26-19-10-6-5-9-18(19)23-20(24)16-11-12-17(22-13-16)14-27-21(25)15-7-3-2-4-8-15/h2-13H,14H2,1H3,(H,23,24). The van der Waals surface area contributed by atoms with Gasteiger partial charge in [0, 0.05) is 6.20 Å². The quantitative estimate of drug-likeness (QED) is 0.677. The molecule has 0 spiro atoms. The normalized spacial score (nSPS) is 10.1. The van der Waals surface area contributed by atoms with E-state index in [0.717, 1.165) is 0 Å². The van der Waals surface area contributed by atoms with E-state index < -0.39 is 5.97 Å². The number of para-hydroxylation sites is 2. The number of carbonyl (C=O) groups is 2. The van der Waals surface area contributed by atoms with Gasteiger partial charge >= 0.3 is 5.97 Å². The van der Waals surface area contributed by atoms with E-state index in [4.69, 9.17) is 9.47 Å². The van der Waals surface area contributed by atoms with E-state index in [1.807, 2.05) is 12.1 Å². The average Bonchev–Trinajstić information content (AvgIpc) is 2.73. The number of benzene rings is 2. The number of methoxy groups -OCH3 is 1. The SMILES string of the molecule is COc1ccccc1NC(=O)c1ccc(COC(=O)c2ccccc2)nc1. The lowest BCUT2D eigenvalue weighted by molar-refractivity contribution is 0.0467. The highest BCUT2D eigenvalue weighted by Gasteiger charge is 2.11. The fourth-order valence-corrected chi connectivity index (χ4v) is 2.38. The molecule has 136 valence electrons. The molecular weight excluding hydrogens is 344 g/mol. The summed E-state index contributed by atoms with van der Waals surface area (Å²) in [5.74, 6) is -0.154. The highest BCUT2D eigenvalue weighted by molar-refractivity contribution is 6.04. The number of esters is 1. The van der Waals surface area contributed by atoms with Gasteiger partial charge in [-0.2, -0.15) is 0 Å². The maximum atomic E-state index is 12.4. The molecule has 0 aliphatic rings. The summed E-state index contributed by atoms with van der Waals surface area (Å²) >= 11 is 0. The van der Waals surface area contributed by atoms with Gasteiger partial charge in [-0.3, -0.25) is 9.78 Å². The van der Waals surface area contributed by atoms with E-state index in [1.165, 1.54) is 13.3 Å². The van der Waals surface area contributed by atoms with Crippen LogP contribution in [-0.2, 0) is 11.3 Å². The summed E-state index contributed by atoms with van der Waals surface area (Å²) in [6.45, 7) is 0.0299. The van der Waals surface area contributed by atoms with Crippen LogP contribution in [0.15, 0.2) is 72.9 Å². The summed E-state index contributed by atoms with van der Waals surface area (Å²) in [5.41, 5.74) is 1.99. The molecule has 0 aliphatic heterocycles. The Labute approximate surface area is 156 Å². The number of rotatable bonds is 6. The molecule has 3 aromatic rings. The number of pyridine rings is 1. The molecule has 1 N–H and O–H groups in total. The minimum atomic E-state index is -0.421. The van der Waals surface area contributed by atoms with Gasteiger partial charge in [-0.15, -0.1) is 0 Å². The van der Waals surface area contributed by atoms with Gasteiger partial charge in [0.15, 0.2) is 0 Å². The van der Waals surface area contributed by atoms with Crippen molar-refractivity contribution >= 4 is 17.6 Å². The Morgan fingerprint density at radius 3 is 2.37 bits per heavy atom. The monoisotopic (exact) mass is 362 g/mol. The van der Waals surface area contributed by atoms with Crippen molar-refractivity contribution in [2.75, 3.05) is 12.4 Å². The lowest BCUT2D eigenvalue weighted by atomic mass is 10.2. The molecule has 0 radical (unpaired) electrons.